The molecule has 0 rings (SSSR count). The van der Waals surface area contributed by atoms with E-state index in [-0.39, 0.29) is 31.0 Å². The summed E-state index contributed by atoms with van der Waals surface area (Å²) >= 11 is 5.26. The Kier molecular flexibility index (Phi) is 16.3. The fraction of sp³-hybridized carbons (Fsp3) is 1.00. The third-order valence-corrected chi connectivity index (χ3v) is 0.580. The Labute approximate surface area is 73.1 Å². The molecule has 0 fully saturated rings. The summed E-state index contributed by atoms with van der Waals surface area (Å²) in [6.07, 6.45) is 0. The van der Waals surface area contributed by atoms with Gasteiger partial charge in [0.2, 0.25) is 0 Å². The van der Waals surface area contributed by atoms with Crippen molar-refractivity contribution in [2.24, 2.45) is 0 Å². The number of hydrogen-bond acceptors (Lipinski definition) is 1. The molecular formula is C4H10ClNaO. The van der Waals surface area contributed by atoms with Crippen LogP contribution in [-0.4, -0.2) is 19.1 Å². The SMILES string of the molecule is CCOCCCl.[H-].[Na+]. The second-order valence-corrected chi connectivity index (χ2v) is 1.26. The molecule has 0 aromatic carbocycles. The summed E-state index contributed by atoms with van der Waals surface area (Å²) < 4.78 is 4.85. The van der Waals surface area contributed by atoms with Crippen LogP contribution < -0.4 is 29.6 Å². The van der Waals surface area contributed by atoms with Crippen molar-refractivity contribution in [1.82, 2.24) is 0 Å². The Morgan fingerprint density at radius 2 is 2.29 bits per heavy atom. The number of ether oxygens (including phenoxy) is 1. The van der Waals surface area contributed by atoms with Crippen molar-refractivity contribution in [2.75, 3.05) is 19.1 Å². The van der Waals surface area contributed by atoms with E-state index in [0.717, 1.165) is 6.61 Å². The van der Waals surface area contributed by atoms with Crippen LogP contribution in [0.4, 0.5) is 0 Å². The predicted octanol–water partition coefficient (Wildman–Crippen LogP) is -1.62. The molecule has 40 valence electrons. The second kappa shape index (κ2) is 10.3. The van der Waals surface area contributed by atoms with E-state index in [1.54, 1.807) is 0 Å². The van der Waals surface area contributed by atoms with Gasteiger partial charge in [-0.1, -0.05) is 0 Å². The first kappa shape index (κ1) is 11.1. The molecule has 0 heterocycles. The van der Waals surface area contributed by atoms with Gasteiger partial charge in [0.05, 0.1) is 6.61 Å². The average molecular weight is 133 g/mol. The molecule has 0 unspecified atom stereocenters. The summed E-state index contributed by atoms with van der Waals surface area (Å²) in [5, 5.41) is 0. The average Bonchev–Trinajstić information content (AvgIpc) is 1.61. The van der Waals surface area contributed by atoms with Crippen LogP contribution in [0.1, 0.15) is 8.35 Å². The van der Waals surface area contributed by atoms with Crippen LogP contribution in [0.2, 0.25) is 0 Å². The molecule has 0 aliphatic carbocycles. The molecule has 0 aliphatic rings. The molecule has 0 bridgehead atoms. The molecule has 0 N–H and O–H groups in total. The van der Waals surface area contributed by atoms with E-state index in [0.29, 0.717) is 12.5 Å². The maximum atomic E-state index is 5.26. The molecule has 0 aromatic rings. The Morgan fingerprint density at radius 1 is 1.71 bits per heavy atom. The van der Waals surface area contributed by atoms with Gasteiger partial charge in [-0.15, -0.1) is 11.6 Å². The minimum atomic E-state index is 0. The number of alkyl halides is 1. The van der Waals surface area contributed by atoms with E-state index in [9.17, 15) is 0 Å². The van der Waals surface area contributed by atoms with E-state index in [4.69, 9.17) is 16.3 Å². The van der Waals surface area contributed by atoms with Gasteiger partial charge in [-0.25, -0.2) is 0 Å². The molecule has 0 amide bonds. The Hall–Kier alpha value is 1.25. The summed E-state index contributed by atoms with van der Waals surface area (Å²) in [6, 6.07) is 0. The molecule has 0 atom stereocenters. The van der Waals surface area contributed by atoms with E-state index in [2.05, 4.69) is 0 Å². The van der Waals surface area contributed by atoms with Gasteiger partial charge in [-0.2, -0.15) is 0 Å². The maximum Gasteiger partial charge on any atom is 1.00 e. The van der Waals surface area contributed by atoms with Gasteiger partial charge < -0.3 is 6.16 Å². The molecule has 0 saturated carbocycles. The van der Waals surface area contributed by atoms with Crippen LogP contribution in [0.3, 0.4) is 0 Å². The summed E-state index contributed by atoms with van der Waals surface area (Å²) in [4.78, 5) is 0. The first-order valence-corrected chi connectivity index (χ1v) is 2.59. The Balaban J connectivity index is -0.000000125. The molecule has 0 radical (unpaired) electrons. The van der Waals surface area contributed by atoms with Crippen molar-refractivity contribution >= 4 is 11.6 Å². The van der Waals surface area contributed by atoms with Crippen molar-refractivity contribution in [3.05, 3.63) is 0 Å². The first-order chi connectivity index (χ1) is 2.91. The summed E-state index contributed by atoms with van der Waals surface area (Å²) in [5.41, 5.74) is 0. The molecule has 0 spiro atoms. The molecule has 3 heteroatoms. The van der Waals surface area contributed by atoms with Crippen molar-refractivity contribution in [3.63, 3.8) is 0 Å². The largest absolute Gasteiger partial charge is 1.00 e. The minimum absolute atomic E-state index is 0. The summed E-state index contributed by atoms with van der Waals surface area (Å²) in [5.74, 6) is 0.605. The van der Waals surface area contributed by atoms with Crippen LogP contribution >= 0.6 is 11.6 Å². The molecule has 0 aliphatic heterocycles. The second-order valence-electron chi connectivity index (χ2n) is 0.886. The molecular weight excluding hydrogens is 122 g/mol. The fourth-order valence-electron chi connectivity index (χ4n) is 0.199. The van der Waals surface area contributed by atoms with Gasteiger partial charge in [0.25, 0.3) is 0 Å². The fourth-order valence-corrected chi connectivity index (χ4v) is 0.308. The maximum absolute atomic E-state index is 5.26. The number of rotatable bonds is 3. The minimum Gasteiger partial charge on any atom is -1.00 e. The van der Waals surface area contributed by atoms with Gasteiger partial charge in [0, 0.05) is 12.5 Å². The third-order valence-electron chi connectivity index (χ3n) is 0.426. The Bertz CT molecular complexity index is 28.0. The standard InChI is InChI=1S/C4H9ClO.Na.H/c1-2-6-4-3-5;;/h2-4H2,1H3;;/q;+1;-1. The monoisotopic (exact) mass is 132 g/mol. The smallest absolute Gasteiger partial charge is 1.00 e. The van der Waals surface area contributed by atoms with E-state index in [1.165, 1.54) is 0 Å². The van der Waals surface area contributed by atoms with Gasteiger partial charge in [0.15, 0.2) is 0 Å². The topological polar surface area (TPSA) is 9.23 Å². The van der Waals surface area contributed by atoms with Crippen LogP contribution in [0, 0.1) is 0 Å². The summed E-state index contributed by atoms with van der Waals surface area (Å²) in [7, 11) is 0. The molecule has 1 nitrogen and oxygen atoms in total. The zero-order valence-corrected chi connectivity index (χ0v) is 7.66. The third kappa shape index (κ3) is 11.1. The van der Waals surface area contributed by atoms with Crippen LogP contribution in [-0.2, 0) is 4.74 Å². The van der Waals surface area contributed by atoms with Crippen molar-refractivity contribution in [2.45, 2.75) is 6.92 Å². The normalized spacial score (nSPS) is 7.71. The molecule has 0 aromatic heterocycles. The first-order valence-electron chi connectivity index (χ1n) is 2.05. The van der Waals surface area contributed by atoms with Gasteiger partial charge >= 0.3 is 29.6 Å². The van der Waals surface area contributed by atoms with Gasteiger partial charge in [-0.05, 0) is 6.92 Å². The number of halogens is 1. The van der Waals surface area contributed by atoms with Crippen molar-refractivity contribution in [1.29, 1.82) is 0 Å². The molecule has 7 heavy (non-hydrogen) atoms. The van der Waals surface area contributed by atoms with E-state index >= 15 is 0 Å². The van der Waals surface area contributed by atoms with Crippen molar-refractivity contribution < 1.29 is 35.7 Å². The van der Waals surface area contributed by atoms with Crippen molar-refractivity contribution in [3.8, 4) is 0 Å². The van der Waals surface area contributed by atoms with E-state index < -0.39 is 0 Å². The van der Waals surface area contributed by atoms with Crippen LogP contribution in [0.15, 0.2) is 0 Å². The summed E-state index contributed by atoms with van der Waals surface area (Å²) in [6.45, 7) is 3.40. The molecule has 0 saturated heterocycles. The Morgan fingerprint density at radius 3 is 2.43 bits per heavy atom. The predicted molar refractivity (Wildman–Crippen MR) is 28.3 cm³/mol. The zero-order chi connectivity index (χ0) is 4.83. The number of hydrogen-bond donors (Lipinski definition) is 0. The van der Waals surface area contributed by atoms with Gasteiger partial charge in [-0.3, -0.25) is 0 Å². The zero-order valence-electron chi connectivity index (χ0n) is 5.91. The van der Waals surface area contributed by atoms with E-state index in [1.807, 2.05) is 6.92 Å². The van der Waals surface area contributed by atoms with Crippen LogP contribution in [0.5, 0.6) is 0 Å². The van der Waals surface area contributed by atoms with Crippen LogP contribution in [0.25, 0.3) is 0 Å². The quantitative estimate of drug-likeness (QED) is 0.255. The van der Waals surface area contributed by atoms with Gasteiger partial charge in [0.1, 0.15) is 0 Å².